The second kappa shape index (κ2) is 4.97. The number of rotatable bonds is 4. The summed E-state index contributed by atoms with van der Waals surface area (Å²) in [6.07, 6.45) is 0.904. The highest BCUT2D eigenvalue weighted by Gasteiger charge is 2.23. The molecule has 1 amide bonds. The highest BCUT2D eigenvalue weighted by atomic mass is 32.1. The van der Waals surface area contributed by atoms with E-state index in [2.05, 4.69) is 36.6 Å². The Morgan fingerprint density at radius 1 is 1.56 bits per heavy atom. The minimum atomic E-state index is 0.00426. The fourth-order valence-corrected chi connectivity index (χ4v) is 2.78. The van der Waals surface area contributed by atoms with Crippen molar-refractivity contribution in [1.82, 2.24) is 10.6 Å². The van der Waals surface area contributed by atoms with E-state index in [0.717, 1.165) is 19.5 Å². The van der Waals surface area contributed by atoms with E-state index in [9.17, 15) is 4.79 Å². The van der Waals surface area contributed by atoms with E-state index in [0.29, 0.717) is 5.92 Å². The Hall–Kier alpha value is -0.870. The summed E-state index contributed by atoms with van der Waals surface area (Å²) in [5, 5.41) is 6.13. The molecule has 2 heterocycles. The minimum Gasteiger partial charge on any atom is -0.355 e. The summed E-state index contributed by atoms with van der Waals surface area (Å²) >= 11 is 1.83. The Labute approximate surface area is 100 Å². The summed E-state index contributed by atoms with van der Waals surface area (Å²) in [6, 6.07) is 4.34. The molecule has 1 unspecified atom stereocenters. The van der Waals surface area contributed by atoms with Gasteiger partial charge in [0.05, 0.1) is 6.04 Å². The smallest absolute Gasteiger partial charge is 0.237 e. The molecule has 16 heavy (non-hydrogen) atoms. The Balaban J connectivity index is 1.87. The zero-order valence-electron chi connectivity index (χ0n) is 9.75. The molecule has 1 saturated heterocycles. The van der Waals surface area contributed by atoms with Gasteiger partial charge >= 0.3 is 0 Å². The number of carbonyl (C=O) groups excluding carboxylic acids is 1. The lowest BCUT2D eigenvalue weighted by molar-refractivity contribution is -0.120. The first-order chi connectivity index (χ1) is 7.66. The van der Waals surface area contributed by atoms with Crippen LogP contribution in [0.5, 0.6) is 0 Å². The van der Waals surface area contributed by atoms with Crippen molar-refractivity contribution in [2.45, 2.75) is 38.8 Å². The SMILES string of the molecule is CC(C)c1ccc(CNC2CCNC2=O)s1. The molecular weight excluding hydrogens is 220 g/mol. The van der Waals surface area contributed by atoms with E-state index in [1.807, 2.05) is 11.3 Å². The molecule has 2 N–H and O–H groups in total. The third-order valence-corrected chi connectivity index (χ3v) is 4.21. The maximum absolute atomic E-state index is 11.3. The number of thiophene rings is 1. The van der Waals surface area contributed by atoms with Crippen LogP contribution in [-0.4, -0.2) is 18.5 Å². The molecule has 1 aromatic rings. The molecule has 1 aromatic heterocycles. The van der Waals surface area contributed by atoms with Crippen molar-refractivity contribution in [3.8, 4) is 0 Å². The Morgan fingerprint density at radius 2 is 2.38 bits per heavy atom. The lowest BCUT2D eigenvalue weighted by Gasteiger charge is -2.07. The summed E-state index contributed by atoms with van der Waals surface area (Å²) in [6.45, 7) is 6.01. The van der Waals surface area contributed by atoms with Crippen molar-refractivity contribution in [2.24, 2.45) is 0 Å². The molecule has 0 aliphatic carbocycles. The first-order valence-electron chi connectivity index (χ1n) is 5.76. The molecule has 0 bridgehead atoms. The van der Waals surface area contributed by atoms with E-state index in [4.69, 9.17) is 0 Å². The van der Waals surface area contributed by atoms with Crippen LogP contribution in [0.25, 0.3) is 0 Å². The van der Waals surface area contributed by atoms with Crippen molar-refractivity contribution < 1.29 is 4.79 Å². The Kier molecular flexibility index (Phi) is 3.61. The fraction of sp³-hybridized carbons (Fsp3) is 0.583. The maximum Gasteiger partial charge on any atom is 0.237 e. The van der Waals surface area contributed by atoms with Crippen molar-refractivity contribution in [2.75, 3.05) is 6.54 Å². The van der Waals surface area contributed by atoms with E-state index < -0.39 is 0 Å². The summed E-state index contributed by atoms with van der Waals surface area (Å²) in [4.78, 5) is 14.1. The van der Waals surface area contributed by atoms with E-state index >= 15 is 0 Å². The van der Waals surface area contributed by atoms with Crippen LogP contribution in [0.1, 0.15) is 35.9 Å². The van der Waals surface area contributed by atoms with Gasteiger partial charge in [-0.25, -0.2) is 0 Å². The van der Waals surface area contributed by atoms with Crippen molar-refractivity contribution in [3.05, 3.63) is 21.9 Å². The molecule has 0 aromatic carbocycles. The molecular formula is C12H18N2OS. The standard InChI is InChI=1S/C12H18N2OS/c1-8(2)11-4-3-9(16-11)7-14-10-5-6-13-12(10)15/h3-4,8,10,14H,5-7H2,1-2H3,(H,13,15). The van der Waals surface area contributed by atoms with Crippen LogP contribution in [0, 0.1) is 0 Å². The largest absolute Gasteiger partial charge is 0.355 e. The zero-order valence-corrected chi connectivity index (χ0v) is 10.6. The average molecular weight is 238 g/mol. The van der Waals surface area contributed by atoms with Crippen LogP contribution in [0.15, 0.2) is 12.1 Å². The number of nitrogens with one attached hydrogen (secondary N) is 2. The molecule has 1 fully saturated rings. The van der Waals surface area contributed by atoms with Crippen LogP contribution < -0.4 is 10.6 Å². The van der Waals surface area contributed by atoms with E-state index in [1.54, 1.807) is 0 Å². The first kappa shape index (κ1) is 11.6. The van der Waals surface area contributed by atoms with Crippen molar-refractivity contribution in [1.29, 1.82) is 0 Å². The maximum atomic E-state index is 11.3. The Bertz CT molecular complexity index is 373. The normalized spacial score (nSPS) is 20.4. The van der Waals surface area contributed by atoms with Gasteiger partial charge in [-0.3, -0.25) is 4.79 Å². The van der Waals surface area contributed by atoms with Crippen LogP contribution in [0.4, 0.5) is 0 Å². The van der Waals surface area contributed by atoms with Gasteiger partial charge in [0.15, 0.2) is 0 Å². The van der Waals surface area contributed by atoms with Crippen molar-refractivity contribution >= 4 is 17.2 Å². The average Bonchev–Trinajstić information content (AvgIpc) is 2.83. The number of amides is 1. The molecule has 1 aliphatic heterocycles. The van der Waals surface area contributed by atoms with Crippen LogP contribution >= 0.6 is 11.3 Å². The number of carbonyl (C=O) groups is 1. The zero-order chi connectivity index (χ0) is 11.5. The second-order valence-corrected chi connectivity index (χ2v) is 5.67. The predicted octanol–water partition coefficient (Wildman–Crippen LogP) is 1.85. The van der Waals surface area contributed by atoms with Gasteiger partial charge in [-0.1, -0.05) is 13.8 Å². The number of hydrogen-bond donors (Lipinski definition) is 2. The third kappa shape index (κ3) is 2.62. The molecule has 0 saturated carbocycles. The summed E-state index contributed by atoms with van der Waals surface area (Å²) in [7, 11) is 0. The van der Waals surface area contributed by atoms with Crippen LogP contribution in [-0.2, 0) is 11.3 Å². The number of hydrogen-bond acceptors (Lipinski definition) is 3. The molecule has 0 spiro atoms. The topological polar surface area (TPSA) is 41.1 Å². The van der Waals surface area contributed by atoms with Crippen LogP contribution in [0.3, 0.4) is 0 Å². The van der Waals surface area contributed by atoms with Crippen molar-refractivity contribution in [3.63, 3.8) is 0 Å². The molecule has 4 heteroatoms. The molecule has 2 rings (SSSR count). The van der Waals surface area contributed by atoms with Gasteiger partial charge in [-0.15, -0.1) is 11.3 Å². The minimum absolute atomic E-state index is 0.00426. The highest BCUT2D eigenvalue weighted by molar-refractivity contribution is 7.12. The molecule has 88 valence electrons. The molecule has 1 atom stereocenters. The predicted molar refractivity (Wildman–Crippen MR) is 66.7 cm³/mol. The van der Waals surface area contributed by atoms with Crippen LogP contribution in [0.2, 0.25) is 0 Å². The lowest BCUT2D eigenvalue weighted by Crippen LogP contribution is -2.35. The van der Waals surface area contributed by atoms with E-state index in [1.165, 1.54) is 9.75 Å². The van der Waals surface area contributed by atoms with Gasteiger partial charge in [0.25, 0.3) is 0 Å². The molecule has 1 aliphatic rings. The highest BCUT2D eigenvalue weighted by Crippen LogP contribution is 2.24. The first-order valence-corrected chi connectivity index (χ1v) is 6.58. The van der Waals surface area contributed by atoms with Gasteiger partial charge < -0.3 is 10.6 Å². The summed E-state index contributed by atoms with van der Waals surface area (Å²) in [5.74, 6) is 0.731. The summed E-state index contributed by atoms with van der Waals surface area (Å²) < 4.78 is 0. The van der Waals surface area contributed by atoms with Gasteiger partial charge in [0, 0.05) is 22.8 Å². The monoisotopic (exact) mass is 238 g/mol. The fourth-order valence-electron chi connectivity index (χ4n) is 1.81. The quantitative estimate of drug-likeness (QED) is 0.840. The van der Waals surface area contributed by atoms with E-state index in [-0.39, 0.29) is 11.9 Å². The third-order valence-electron chi connectivity index (χ3n) is 2.82. The van der Waals surface area contributed by atoms with Gasteiger partial charge in [0.2, 0.25) is 5.91 Å². The van der Waals surface area contributed by atoms with Gasteiger partial charge in [-0.2, -0.15) is 0 Å². The molecule has 3 nitrogen and oxygen atoms in total. The van der Waals surface area contributed by atoms with Gasteiger partial charge in [0.1, 0.15) is 0 Å². The van der Waals surface area contributed by atoms with Gasteiger partial charge in [-0.05, 0) is 24.5 Å². The second-order valence-electron chi connectivity index (χ2n) is 4.47. The lowest BCUT2D eigenvalue weighted by atomic mass is 10.2. The Morgan fingerprint density at radius 3 is 2.94 bits per heavy atom. The molecule has 0 radical (unpaired) electrons. The summed E-state index contributed by atoms with van der Waals surface area (Å²) in [5.41, 5.74) is 0.